The van der Waals surface area contributed by atoms with E-state index >= 15 is 0 Å². The van der Waals surface area contributed by atoms with Crippen molar-refractivity contribution in [2.75, 3.05) is 0 Å². The van der Waals surface area contributed by atoms with Crippen molar-refractivity contribution >= 4 is 0 Å². The lowest BCUT2D eigenvalue weighted by Crippen LogP contribution is -2.29. The van der Waals surface area contributed by atoms with Crippen LogP contribution in [0.1, 0.15) is 59.8 Å². The van der Waals surface area contributed by atoms with E-state index in [1.165, 1.54) is 18.5 Å². The predicted molar refractivity (Wildman–Crippen MR) is 72.3 cm³/mol. The number of hydrogen-bond donors (Lipinski definition) is 1. The second-order valence-electron chi connectivity index (χ2n) is 6.38. The van der Waals surface area contributed by atoms with Gasteiger partial charge in [0.1, 0.15) is 6.04 Å². The summed E-state index contributed by atoms with van der Waals surface area (Å²) in [5.74, 6) is 0.796. The van der Waals surface area contributed by atoms with Crippen LogP contribution >= 0.6 is 0 Å². The minimum atomic E-state index is 0.00245. The molecule has 0 aliphatic heterocycles. The Labute approximate surface area is 106 Å². The molecular weight excluding hydrogens is 208 g/mol. The highest BCUT2D eigenvalue weighted by Gasteiger charge is 2.26. The molecule has 1 saturated carbocycles. The van der Waals surface area contributed by atoms with Gasteiger partial charge in [0, 0.05) is 5.70 Å². The summed E-state index contributed by atoms with van der Waals surface area (Å²) < 4.78 is 0. The lowest BCUT2D eigenvalue weighted by Gasteiger charge is -2.23. The summed E-state index contributed by atoms with van der Waals surface area (Å²) in [6.07, 6.45) is 7.91. The van der Waals surface area contributed by atoms with E-state index in [1.54, 1.807) is 0 Å². The van der Waals surface area contributed by atoms with E-state index in [4.69, 9.17) is 0 Å². The third kappa shape index (κ3) is 6.36. The van der Waals surface area contributed by atoms with Gasteiger partial charge in [-0.15, -0.1) is 0 Å². The first-order chi connectivity index (χ1) is 7.94. The standard InChI is InChI=1S/C15H26N2/c1-5-6-13(10-15(2,3)4)17-14(11-16)9-12-7-8-12/h6,12,14,17H,5,7-10H2,1-4H3/b13-6+. The first-order valence-corrected chi connectivity index (χ1v) is 6.80. The molecule has 0 aromatic rings. The zero-order valence-electron chi connectivity index (χ0n) is 11.7. The minimum Gasteiger partial charge on any atom is -0.373 e. The molecule has 17 heavy (non-hydrogen) atoms. The van der Waals surface area contributed by atoms with Gasteiger partial charge in [-0.2, -0.15) is 5.26 Å². The smallest absolute Gasteiger partial charge is 0.114 e. The largest absolute Gasteiger partial charge is 0.373 e. The van der Waals surface area contributed by atoms with Gasteiger partial charge in [0.05, 0.1) is 6.07 Å². The second-order valence-corrected chi connectivity index (χ2v) is 6.38. The summed E-state index contributed by atoms with van der Waals surface area (Å²) in [4.78, 5) is 0. The van der Waals surface area contributed by atoms with Crippen LogP contribution in [0.3, 0.4) is 0 Å². The van der Waals surface area contributed by atoms with Gasteiger partial charge in [-0.1, -0.05) is 46.6 Å². The Morgan fingerprint density at radius 2 is 2.12 bits per heavy atom. The molecule has 0 radical (unpaired) electrons. The Balaban J connectivity index is 2.52. The molecule has 1 aliphatic carbocycles. The molecule has 1 N–H and O–H groups in total. The van der Waals surface area contributed by atoms with Crippen molar-refractivity contribution in [2.45, 2.75) is 65.8 Å². The summed E-state index contributed by atoms with van der Waals surface area (Å²) >= 11 is 0. The zero-order chi connectivity index (χ0) is 12.9. The molecule has 0 aromatic carbocycles. The van der Waals surface area contributed by atoms with Crippen LogP contribution in [0.4, 0.5) is 0 Å². The summed E-state index contributed by atoms with van der Waals surface area (Å²) in [5, 5.41) is 12.6. The molecule has 2 heteroatoms. The van der Waals surface area contributed by atoms with Crippen molar-refractivity contribution in [3.63, 3.8) is 0 Å². The number of nitrogens with zero attached hydrogens (tertiary/aromatic N) is 1. The van der Waals surface area contributed by atoms with E-state index in [2.05, 4.69) is 45.2 Å². The molecule has 96 valence electrons. The highest BCUT2D eigenvalue weighted by atomic mass is 14.9. The molecular formula is C15H26N2. The van der Waals surface area contributed by atoms with Crippen LogP contribution in [-0.4, -0.2) is 6.04 Å². The Kier molecular flexibility index (Phi) is 5.05. The average molecular weight is 234 g/mol. The van der Waals surface area contributed by atoms with Gasteiger partial charge < -0.3 is 5.32 Å². The van der Waals surface area contributed by atoms with Crippen LogP contribution in [0, 0.1) is 22.7 Å². The van der Waals surface area contributed by atoms with Crippen molar-refractivity contribution in [3.8, 4) is 6.07 Å². The van der Waals surface area contributed by atoms with E-state index < -0.39 is 0 Å². The molecule has 0 saturated heterocycles. The van der Waals surface area contributed by atoms with E-state index in [-0.39, 0.29) is 11.5 Å². The van der Waals surface area contributed by atoms with Crippen molar-refractivity contribution < 1.29 is 0 Å². The maximum atomic E-state index is 9.18. The van der Waals surface area contributed by atoms with Gasteiger partial charge in [0.25, 0.3) is 0 Å². The molecule has 0 bridgehead atoms. The van der Waals surface area contributed by atoms with Crippen molar-refractivity contribution in [3.05, 3.63) is 11.8 Å². The van der Waals surface area contributed by atoms with E-state index in [9.17, 15) is 5.26 Å². The van der Waals surface area contributed by atoms with Gasteiger partial charge >= 0.3 is 0 Å². The molecule has 0 heterocycles. The number of nitriles is 1. The molecule has 0 spiro atoms. The zero-order valence-corrected chi connectivity index (χ0v) is 11.7. The number of nitrogens with one attached hydrogen (secondary N) is 1. The van der Waals surface area contributed by atoms with Crippen molar-refractivity contribution in [1.29, 1.82) is 5.26 Å². The van der Waals surface area contributed by atoms with E-state index in [1.807, 2.05) is 0 Å². The third-order valence-electron chi connectivity index (χ3n) is 2.95. The monoisotopic (exact) mass is 234 g/mol. The Hall–Kier alpha value is -0.970. The van der Waals surface area contributed by atoms with Gasteiger partial charge in [0.2, 0.25) is 0 Å². The van der Waals surface area contributed by atoms with E-state index in [0.717, 1.165) is 25.2 Å². The first kappa shape index (κ1) is 14.1. The second kappa shape index (κ2) is 6.10. The number of rotatable bonds is 6. The fraction of sp³-hybridized carbons (Fsp3) is 0.800. The minimum absolute atomic E-state index is 0.00245. The van der Waals surface area contributed by atoms with Crippen LogP contribution in [-0.2, 0) is 0 Å². The fourth-order valence-electron chi connectivity index (χ4n) is 2.05. The predicted octanol–water partition coefficient (Wildman–Crippen LogP) is 4.00. The SMILES string of the molecule is CC/C=C(\CC(C)(C)C)NC(C#N)CC1CC1. The highest BCUT2D eigenvalue weighted by Crippen LogP contribution is 2.34. The molecule has 0 aromatic heterocycles. The fourth-order valence-corrected chi connectivity index (χ4v) is 2.05. The van der Waals surface area contributed by atoms with Crippen LogP contribution in [0.5, 0.6) is 0 Å². The summed E-state index contributed by atoms with van der Waals surface area (Å²) in [5.41, 5.74) is 1.51. The van der Waals surface area contributed by atoms with E-state index in [0.29, 0.717) is 0 Å². The molecule has 1 aliphatic rings. The maximum Gasteiger partial charge on any atom is 0.114 e. The van der Waals surface area contributed by atoms with Crippen molar-refractivity contribution in [2.24, 2.45) is 11.3 Å². The Morgan fingerprint density at radius 3 is 2.53 bits per heavy atom. The lowest BCUT2D eigenvalue weighted by molar-refractivity contribution is 0.391. The molecule has 1 fully saturated rings. The average Bonchev–Trinajstić information content (AvgIpc) is 2.98. The Bertz CT molecular complexity index is 300. The molecule has 1 rings (SSSR count). The maximum absolute atomic E-state index is 9.18. The Morgan fingerprint density at radius 1 is 1.47 bits per heavy atom. The van der Waals surface area contributed by atoms with Crippen LogP contribution < -0.4 is 5.32 Å². The van der Waals surface area contributed by atoms with Gasteiger partial charge in [-0.25, -0.2) is 0 Å². The van der Waals surface area contributed by atoms with Gasteiger partial charge in [0.15, 0.2) is 0 Å². The molecule has 0 amide bonds. The summed E-state index contributed by atoms with van der Waals surface area (Å²) in [7, 11) is 0. The summed E-state index contributed by atoms with van der Waals surface area (Å²) in [6.45, 7) is 8.86. The van der Waals surface area contributed by atoms with Crippen LogP contribution in [0.25, 0.3) is 0 Å². The number of allylic oxidation sites excluding steroid dienone is 2. The van der Waals surface area contributed by atoms with Gasteiger partial charge in [-0.3, -0.25) is 0 Å². The first-order valence-electron chi connectivity index (χ1n) is 6.80. The third-order valence-corrected chi connectivity index (χ3v) is 2.95. The molecule has 2 nitrogen and oxygen atoms in total. The number of hydrogen-bond acceptors (Lipinski definition) is 2. The van der Waals surface area contributed by atoms with Gasteiger partial charge in [-0.05, 0) is 30.6 Å². The highest BCUT2D eigenvalue weighted by molar-refractivity contribution is 5.08. The van der Waals surface area contributed by atoms with Crippen molar-refractivity contribution in [1.82, 2.24) is 5.32 Å². The summed E-state index contributed by atoms with van der Waals surface area (Å²) in [6, 6.07) is 2.40. The quantitative estimate of drug-likeness (QED) is 0.754. The lowest BCUT2D eigenvalue weighted by atomic mass is 9.90. The van der Waals surface area contributed by atoms with Crippen LogP contribution in [0.15, 0.2) is 11.8 Å². The van der Waals surface area contributed by atoms with Crippen LogP contribution in [0.2, 0.25) is 0 Å². The normalized spacial score (nSPS) is 18.6. The topological polar surface area (TPSA) is 35.8 Å². The molecule has 1 atom stereocenters. The molecule has 1 unspecified atom stereocenters.